The van der Waals surface area contributed by atoms with Gasteiger partial charge in [0.15, 0.2) is 5.79 Å². The van der Waals surface area contributed by atoms with Crippen molar-refractivity contribution < 1.29 is 18.3 Å². The lowest BCUT2D eigenvalue weighted by Gasteiger charge is -2.45. The van der Waals surface area contributed by atoms with Gasteiger partial charge in [0.2, 0.25) is 0 Å². The molecule has 0 N–H and O–H groups in total. The number of fused-ring (bicyclic) bond motifs is 1. The fourth-order valence-electron chi connectivity index (χ4n) is 4.73. The van der Waals surface area contributed by atoms with Gasteiger partial charge in [-0.3, -0.25) is 0 Å². The minimum Gasteiger partial charge on any atom is -0.348 e. The number of benzene rings is 1. The Morgan fingerprint density at radius 3 is 2.36 bits per heavy atom. The smallest absolute Gasteiger partial charge is 0.168 e. The van der Waals surface area contributed by atoms with Crippen LogP contribution in [-0.4, -0.2) is 19.0 Å². The zero-order valence-electron chi connectivity index (χ0n) is 12.7. The normalized spacial score (nSPS) is 33.8. The zero-order chi connectivity index (χ0) is 15.2. The van der Waals surface area contributed by atoms with E-state index in [1.165, 1.54) is 12.1 Å². The third kappa shape index (κ3) is 2.67. The molecule has 0 aromatic heterocycles. The first-order valence-electron chi connectivity index (χ1n) is 8.37. The Morgan fingerprint density at radius 1 is 0.909 bits per heavy atom. The van der Waals surface area contributed by atoms with Crippen LogP contribution in [0.2, 0.25) is 0 Å². The molecular weight excluding hydrogens is 286 g/mol. The molecule has 3 atom stereocenters. The zero-order valence-corrected chi connectivity index (χ0v) is 12.7. The van der Waals surface area contributed by atoms with Crippen LogP contribution in [0.4, 0.5) is 8.78 Å². The van der Waals surface area contributed by atoms with Gasteiger partial charge < -0.3 is 9.47 Å². The van der Waals surface area contributed by atoms with Crippen LogP contribution in [0.25, 0.3) is 0 Å². The highest BCUT2D eigenvalue weighted by Crippen LogP contribution is 2.50. The lowest BCUT2D eigenvalue weighted by molar-refractivity contribution is -0.198. The monoisotopic (exact) mass is 308 g/mol. The first-order chi connectivity index (χ1) is 10.6. The lowest BCUT2D eigenvalue weighted by atomic mass is 9.65. The maximum Gasteiger partial charge on any atom is 0.168 e. The molecule has 3 unspecified atom stereocenters. The van der Waals surface area contributed by atoms with Crippen molar-refractivity contribution in [1.29, 1.82) is 0 Å². The van der Waals surface area contributed by atoms with Gasteiger partial charge in [0, 0.05) is 18.9 Å². The highest BCUT2D eigenvalue weighted by molar-refractivity contribution is 5.23. The molecule has 4 rings (SSSR count). The summed E-state index contributed by atoms with van der Waals surface area (Å²) < 4.78 is 38.6. The molecule has 3 aliphatic rings. The SMILES string of the molecule is Fc1cc(F)cc(C2CCC3CC4(CCC3C2)OCCO4)c1. The number of rotatable bonds is 1. The van der Waals surface area contributed by atoms with Gasteiger partial charge in [-0.15, -0.1) is 0 Å². The van der Waals surface area contributed by atoms with Gasteiger partial charge in [0.25, 0.3) is 0 Å². The van der Waals surface area contributed by atoms with Crippen molar-refractivity contribution in [2.45, 2.75) is 50.2 Å². The summed E-state index contributed by atoms with van der Waals surface area (Å²) in [6.45, 7) is 1.42. The first-order valence-corrected chi connectivity index (χ1v) is 8.37. The highest BCUT2D eigenvalue weighted by atomic mass is 19.1. The number of ether oxygens (including phenoxy) is 2. The topological polar surface area (TPSA) is 18.5 Å². The van der Waals surface area contributed by atoms with Crippen molar-refractivity contribution in [3.8, 4) is 0 Å². The van der Waals surface area contributed by atoms with Crippen LogP contribution in [0.15, 0.2) is 18.2 Å². The predicted molar refractivity (Wildman–Crippen MR) is 78.4 cm³/mol. The summed E-state index contributed by atoms with van der Waals surface area (Å²) in [6.07, 6.45) is 6.17. The van der Waals surface area contributed by atoms with E-state index in [0.29, 0.717) is 25.0 Å². The van der Waals surface area contributed by atoms with Crippen LogP contribution in [-0.2, 0) is 9.47 Å². The molecule has 1 aromatic carbocycles. The molecule has 1 spiro atoms. The Balaban J connectivity index is 1.46. The molecule has 0 bridgehead atoms. The van der Waals surface area contributed by atoms with Crippen molar-refractivity contribution in [2.75, 3.05) is 13.2 Å². The molecule has 1 heterocycles. The Kier molecular flexibility index (Phi) is 3.69. The van der Waals surface area contributed by atoms with Crippen LogP contribution in [0.5, 0.6) is 0 Å². The average Bonchev–Trinajstić information content (AvgIpc) is 2.94. The first kappa shape index (κ1) is 14.6. The fraction of sp³-hybridized carbons (Fsp3) is 0.667. The maximum absolute atomic E-state index is 13.4. The molecule has 2 nitrogen and oxygen atoms in total. The summed E-state index contributed by atoms with van der Waals surface area (Å²) in [5.74, 6) is 0.287. The van der Waals surface area contributed by atoms with Crippen molar-refractivity contribution in [1.82, 2.24) is 0 Å². The summed E-state index contributed by atoms with van der Waals surface area (Å²) in [7, 11) is 0. The van der Waals surface area contributed by atoms with E-state index in [2.05, 4.69) is 0 Å². The average molecular weight is 308 g/mol. The molecule has 1 aromatic rings. The van der Waals surface area contributed by atoms with Gasteiger partial charge in [-0.25, -0.2) is 8.78 Å². The van der Waals surface area contributed by atoms with E-state index >= 15 is 0 Å². The maximum atomic E-state index is 13.4. The van der Waals surface area contributed by atoms with Crippen molar-refractivity contribution in [3.63, 3.8) is 0 Å². The predicted octanol–water partition coefficient (Wildman–Crippen LogP) is 4.39. The Bertz CT molecular complexity index is 534. The van der Waals surface area contributed by atoms with Crippen LogP contribution >= 0.6 is 0 Å². The number of hydrogen-bond donors (Lipinski definition) is 0. The van der Waals surface area contributed by atoms with E-state index < -0.39 is 11.6 Å². The molecule has 0 radical (unpaired) electrons. The van der Waals surface area contributed by atoms with E-state index in [1.54, 1.807) is 0 Å². The molecule has 1 saturated heterocycles. The number of hydrogen-bond acceptors (Lipinski definition) is 2. The van der Waals surface area contributed by atoms with Gasteiger partial charge >= 0.3 is 0 Å². The summed E-state index contributed by atoms with van der Waals surface area (Å²) in [5, 5.41) is 0. The summed E-state index contributed by atoms with van der Waals surface area (Å²) in [6, 6.07) is 3.96. The third-order valence-electron chi connectivity index (χ3n) is 5.78. The Labute approximate surface area is 129 Å². The molecule has 4 heteroatoms. The standard InChI is InChI=1S/C18H22F2O2/c19-16-8-15(9-17(20)10-16)12-1-2-14-11-18(21-5-6-22-18)4-3-13(14)7-12/h8-10,12-14H,1-7,11H2. The van der Waals surface area contributed by atoms with E-state index in [1.807, 2.05) is 0 Å². The molecule has 2 saturated carbocycles. The molecule has 22 heavy (non-hydrogen) atoms. The van der Waals surface area contributed by atoms with Gasteiger partial charge in [-0.1, -0.05) is 0 Å². The van der Waals surface area contributed by atoms with E-state index in [4.69, 9.17) is 9.47 Å². The minimum absolute atomic E-state index is 0.283. The fourth-order valence-corrected chi connectivity index (χ4v) is 4.73. The van der Waals surface area contributed by atoms with Gasteiger partial charge in [-0.05, 0) is 61.1 Å². The van der Waals surface area contributed by atoms with Gasteiger partial charge in [-0.2, -0.15) is 0 Å². The van der Waals surface area contributed by atoms with E-state index in [9.17, 15) is 8.78 Å². The van der Waals surface area contributed by atoms with Crippen LogP contribution in [0, 0.1) is 23.5 Å². The largest absolute Gasteiger partial charge is 0.348 e. The van der Waals surface area contributed by atoms with Crippen LogP contribution in [0.1, 0.15) is 50.0 Å². The number of halogens is 2. The molecule has 0 amide bonds. The second-order valence-corrected chi connectivity index (χ2v) is 7.08. The second-order valence-electron chi connectivity index (χ2n) is 7.08. The summed E-state index contributed by atoms with van der Waals surface area (Å²) in [5.41, 5.74) is 0.824. The minimum atomic E-state index is -0.465. The highest BCUT2D eigenvalue weighted by Gasteiger charge is 2.46. The summed E-state index contributed by atoms with van der Waals surface area (Å²) in [4.78, 5) is 0. The van der Waals surface area contributed by atoms with E-state index in [-0.39, 0.29) is 11.7 Å². The van der Waals surface area contributed by atoms with Crippen molar-refractivity contribution in [3.05, 3.63) is 35.4 Å². The van der Waals surface area contributed by atoms with Crippen molar-refractivity contribution >= 4 is 0 Å². The quantitative estimate of drug-likeness (QED) is 0.766. The van der Waals surface area contributed by atoms with Gasteiger partial charge in [0.05, 0.1) is 13.2 Å². The lowest BCUT2D eigenvalue weighted by Crippen LogP contribution is -2.42. The molecule has 1 aliphatic heterocycles. The molecule has 120 valence electrons. The molecule has 3 fully saturated rings. The Morgan fingerprint density at radius 2 is 1.64 bits per heavy atom. The van der Waals surface area contributed by atoms with Crippen LogP contribution < -0.4 is 0 Å². The third-order valence-corrected chi connectivity index (χ3v) is 5.78. The molecular formula is C18H22F2O2. The summed E-state index contributed by atoms with van der Waals surface area (Å²) >= 11 is 0. The van der Waals surface area contributed by atoms with E-state index in [0.717, 1.165) is 50.2 Å². The molecule has 2 aliphatic carbocycles. The second kappa shape index (κ2) is 5.57. The van der Waals surface area contributed by atoms with Crippen molar-refractivity contribution in [2.24, 2.45) is 11.8 Å². The Hall–Kier alpha value is -1.00. The van der Waals surface area contributed by atoms with Crippen LogP contribution in [0.3, 0.4) is 0 Å². The van der Waals surface area contributed by atoms with Gasteiger partial charge in [0.1, 0.15) is 11.6 Å².